The molecule has 136 valence electrons. The number of nitrogens with zero attached hydrogens (tertiary/aromatic N) is 1. The van der Waals surface area contributed by atoms with Crippen LogP contribution in [0.4, 0.5) is 9.59 Å². The summed E-state index contributed by atoms with van der Waals surface area (Å²) in [5.74, 6) is 0.428. The second-order valence-electron chi connectivity index (χ2n) is 6.58. The van der Waals surface area contributed by atoms with E-state index in [2.05, 4.69) is 10.6 Å². The lowest BCUT2D eigenvalue weighted by atomic mass is 9.92. The van der Waals surface area contributed by atoms with Crippen LogP contribution in [0.3, 0.4) is 0 Å². The van der Waals surface area contributed by atoms with Crippen molar-refractivity contribution in [3.63, 3.8) is 0 Å². The van der Waals surface area contributed by atoms with E-state index < -0.39 is 0 Å². The minimum Gasteiger partial charge on any atom is -0.448 e. The number of rotatable bonds is 6. The number of benzene rings is 1. The third-order valence-electron chi connectivity index (χ3n) is 4.88. The van der Waals surface area contributed by atoms with Gasteiger partial charge in [0.15, 0.2) is 0 Å². The molecule has 1 saturated carbocycles. The van der Waals surface area contributed by atoms with Crippen LogP contribution in [0, 0.1) is 5.92 Å². The molecule has 0 unspecified atom stereocenters. The number of ether oxygens (including phenoxy) is 1. The molecule has 25 heavy (non-hydrogen) atoms. The lowest BCUT2D eigenvalue weighted by Crippen LogP contribution is -2.43. The number of carbonyl (C=O) groups is 2. The number of amides is 3. The van der Waals surface area contributed by atoms with Gasteiger partial charge in [0.25, 0.3) is 0 Å². The zero-order chi connectivity index (χ0) is 17.6. The fraction of sp³-hybridized carbons (Fsp3) is 0.556. The molecule has 0 spiro atoms. The lowest BCUT2D eigenvalue weighted by Gasteiger charge is -2.26. The standard InChI is InChI=1S/C18H24ClN3O3/c19-15-7-3-6-14(12-15)16(13-4-1-2-5-13)21-17(23)20-8-9-22-10-11-25-18(22)24/h3,6-7,12-13,16H,1-2,4-5,8-11H2,(H2,20,21,23)/t16-/m0/s1. The number of carbonyl (C=O) groups excluding carboxylic acids is 2. The van der Waals surface area contributed by atoms with Gasteiger partial charge in [-0.05, 0) is 36.5 Å². The Morgan fingerprint density at radius 3 is 2.84 bits per heavy atom. The summed E-state index contributed by atoms with van der Waals surface area (Å²) in [5, 5.41) is 6.61. The molecule has 0 radical (unpaired) electrons. The summed E-state index contributed by atoms with van der Waals surface area (Å²) in [4.78, 5) is 25.3. The van der Waals surface area contributed by atoms with Crippen LogP contribution in [-0.2, 0) is 4.74 Å². The summed E-state index contributed by atoms with van der Waals surface area (Å²) in [7, 11) is 0. The van der Waals surface area contributed by atoms with Gasteiger partial charge in [-0.2, -0.15) is 0 Å². The van der Waals surface area contributed by atoms with Gasteiger partial charge in [0.05, 0.1) is 12.6 Å². The topological polar surface area (TPSA) is 70.7 Å². The predicted molar refractivity (Wildman–Crippen MR) is 95.6 cm³/mol. The third-order valence-corrected chi connectivity index (χ3v) is 5.11. The molecule has 3 amide bonds. The summed E-state index contributed by atoms with van der Waals surface area (Å²) in [6.07, 6.45) is 4.29. The highest BCUT2D eigenvalue weighted by atomic mass is 35.5. The fourth-order valence-electron chi connectivity index (χ4n) is 3.59. The molecule has 3 rings (SSSR count). The van der Waals surface area contributed by atoms with Gasteiger partial charge in [0.1, 0.15) is 6.61 Å². The molecule has 0 aromatic heterocycles. The van der Waals surface area contributed by atoms with Crippen molar-refractivity contribution < 1.29 is 14.3 Å². The van der Waals surface area contributed by atoms with Crippen molar-refractivity contribution in [3.05, 3.63) is 34.9 Å². The van der Waals surface area contributed by atoms with Gasteiger partial charge in [-0.15, -0.1) is 0 Å². The first-order chi connectivity index (χ1) is 12.1. The Balaban J connectivity index is 1.55. The maximum Gasteiger partial charge on any atom is 0.409 e. The number of hydrogen-bond donors (Lipinski definition) is 2. The molecule has 1 atom stereocenters. The van der Waals surface area contributed by atoms with Crippen molar-refractivity contribution in [1.82, 2.24) is 15.5 Å². The Hall–Kier alpha value is -1.95. The smallest absolute Gasteiger partial charge is 0.409 e. The van der Waals surface area contributed by atoms with Crippen molar-refractivity contribution in [2.75, 3.05) is 26.2 Å². The van der Waals surface area contributed by atoms with E-state index in [1.54, 1.807) is 4.90 Å². The summed E-state index contributed by atoms with van der Waals surface area (Å²) < 4.78 is 4.87. The molecule has 7 heteroatoms. The fourth-order valence-corrected chi connectivity index (χ4v) is 3.79. The van der Waals surface area contributed by atoms with Gasteiger partial charge in [0.2, 0.25) is 0 Å². The highest BCUT2D eigenvalue weighted by Crippen LogP contribution is 2.36. The Bertz CT molecular complexity index is 619. The van der Waals surface area contributed by atoms with Gasteiger partial charge in [-0.25, -0.2) is 9.59 Å². The first-order valence-electron chi connectivity index (χ1n) is 8.85. The average Bonchev–Trinajstić information content (AvgIpc) is 3.25. The molecule has 1 aliphatic heterocycles. The number of halogens is 1. The lowest BCUT2D eigenvalue weighted by molar-refractivity contribution is 0.158. The van der Waals surface area contributed by atoms with E-state index in [0.717, 1.165) is 18.4 Å². The van der Waals surface area contributed by atoms with Crippen molar-refractivity contribution in [1.29, 1.82) is 0 Å². The van der Waals surface area contributed by atoms with Crippen LogP contribution < -0.4 is 10.6 Å². The zero-order valence-corrected chi connectivity index (χ0v) is 14.9. The summed E-state index contributed by atoms with van der Waals surface area (Å²) in [5.41, 5.74) is 1.04. The molecule has 1 saturated heterocycles. The van der Waals surface area contributed by atoms with E-state index in [4.69, 9.17) is 16.3 Å². The van der Waals surface area contributed by atoms with Gasteiger partial charge < -0.3 is 20.3 Å². The molecule has 1 aliphatic carbocycles. The normalized spacial score (nSPS) is 18.9. The van der Waals surface area contributed by atoms with Gasteiger partial charge in [0, 0.05) is 18.1 Å². The third kappa shape index (κ3) is 4.78. The minimum atomic E-state index is -0.315. The minimum absolute atomic E-state index is 0.0436. The summed E-state index contributed by atoms with van der Waals surface area (Å²) in [6.45, 7) is 1.85. The van der Waals surface area contributed by atoms with Crippen molar-refractivity contribution in [3.8, 4) is 0 Å². The van der Waals surface area contributed by atoms with E-state index in [9.17, 15) is 9.59 Å². The van der Waals surface area contributed by atoms with Crippen molar-refractivity contribution in [2.24, 2.45) is 5.92 Å². The molecule has 1 aromatic carbocycles. The Kier molecular flexibility index (Phi) is 6.02. The molecule has 1 aromatic rings. The molecular weight excluding hydrogens is 342 g/mol. The van der Waals surface area contributed by atoms with E-state index in [1.807, 2.05) is 24.3 Å². The van der Waals surface area contributed by atoms with E-state index >= 15 is 0 Å². The number of cyclic esters (lactones) is 1. The van der Waals surface area contributed by atoms with Crippen LogP contribution in [0.5, 0.6) is 0 Å². The molecule has 1 heterocycles. The SMILES string of the molecule is O=C(NCCN1CCOC1=O)N[C@H](c1cccc(Cl)c1)C1CCCC1. The summed E-state index contributed by atoms with van der Waals surface area (Å²) in [6, 6.07) is 7.42. The van der Waals surface area contributed by atoms with Crippen molar-refractivity contribution >= 4 is 23.7 Å². The Morgan fingerprint density at radius 1 is 1.36 bits per heavy atom. The molecular formula is C18H24ClN3O3. The van der Waals surface area contributed by atoms with Gasteiger partial charge in [-0.1, -0.05) is 36.6 Å². The van der Waals surface area contributed by atoms with Crippen LogP contribution in [0.15, 0.2) is 24.3 Å². The number of urea groups is 1. The molecule has 0 bridgehead atoms. The molecule has 2 aliphatic rings. The highest BCUT2D eigenvalue weighted by Gasteiger charge is 2.28. The van der Waals surface area contributed by atoms with E-state index in [1.165, 1.54) is 12.8 Å². The van der Waals surface area contributed by atoms with E-state index in [0.29, 0.717) is 37.2 Å². The maximum atomic E-state index is 12.3. The summed E-state index contributed by atoms with van der Waals surface area (Å²) >= 11 is 6.12. The Labute approximate surface area is 152 Å². The zero-order valence-electron chi connectivity index (χ0n) is 14.2. The van der Waals surface area contributed by atoms with Crippen LogP contribution in [0.2, 0.25) is 5.02 Å². The highest BCUT2D eigenvalue weighted by molar-refractivity contribution is 6.30. The van der Waals surface area contributed by atoms with Crippen LogP contribution >= 0.6 is 11.6 Å². The second-order valence-corrected chi connectivity index (χ2v) is 7.02. The monoisotopic (exact) mass is 365 g/mol. The van der Waals surface area contributed by atoms with Crippen LogP contribution in [-0.4, -0.2) is 43.3 Å². The first kappa shape index (κ1) is 17.9. The van der Waals surface area contributed by atoms with Gasteiger partial charge in [-0.3, -0.25) is 0 Å². The number of hydrogen-bond acceptors (Lipinski definition) is 3. The molecule has 6 nitrogen and oxygen atoms in total. The van der Waals surface area contributed by atoms with Crippen LogP contribution in [0.25, 0.3) is 0 Å². The Morgan fingerprint density at radius 2 is 2.16 bits per heavy atom. The average molecular weight is 366 g/mol. The maximum absolute atomic E-state index is 12.3. The predicted octanol–water partition coefficient (Wildman–Crippen LogP) is 3.32. The first-order valence-corrected chi connectivity index (χ1v) is 9.23. The van der Waals surface area contributed by atoms with Crippen LogP contribution in [0.1, 0.15) is 37.3 Å². The molecule has 2 fully saturated rings. The largest absolute Gasteiger partial charge is 0.448 e. The second kappa shape index (κ2) is 8.43. The number of nitrogens with one attached hydrogen (secondary N) is 2. The quantitative estimate of drug-likeness (QED) is 0.812. The van der Waals surface area contributed by atoms with Crippen molar-refractivity contribution in [2.45, 2.75) is 31.7 Å². The van der Waals surface area contributed by atoms with Gasteiger partial charge >= 0.3 is 12.1 Å². The molecule has 2 N–H and O–H groups in total. The van der Waals surface area contributed by atoms with E-state index in [-0.39, 0.29) is 18.2 Å².